The van der Waals surface area contributed by atoms with Crippen molar-refractivity contribution in [2.75, 3.05) is 18.9 Å². The fraction of sp³-hybridized carbons (Fsp3) is 0.238. The van der Waals surface area contributed by atoms with Gasteiger partial charge in [-0.2, -0.15) is 13.2 Å². The summed E-state index contributed by atoms with van der Waals surface area (Å²) in [6, 6.07) is 12.1. The highest BCUT2D eigenvalue weighted by Crippen LogP contribution is 2.23. The molecular formula is C21H19F3N4O4S. The van der Waals surface area contributed by atoms with Crippen molar-refractivity contribution in [3.63, 3.8) is 0 Å². The summed E-state index contributed by atoms with van der Waals surface area (Å²) in [5.74, 6) is -0.594. The van der Waals surface area contributed by atoms with Gasteiger partial charge in [0.1, 0.15) is 12.3 Å². The molecule has 2 N–H and O–H groups in total. The molecule has 12 heteroatoms. The highest BCUT2D eigenvalue weighted by Gasteiger charge is 2.28. The standard InChI is InChI=1S/C21H19F3N4O4S/c1-2-32-14-9-7-13(8-10-14)28-18(30)15-5-3-4-6-16(15)26-20(28)33-11-17(29)27-19(31)25-12-21(22,23)24/h3-10H,2,11-12H2,1H3,(H2,25,27,29,31). The lowest BCUT2D eigenvalue weighted by atomic mass is 10.2. The number of nitrogens with zero attached hydrogens (tertiary/aromatic N) is 2. The van der Waals surface area contributed by atoms with E-state index in [1.165, 1.54) is 4.57 Å². The van der Waals surface area contributed by atoms with Gasteiger partial charge < -0.3 is 10.1 Å². The minimum atomic E-state index is -4.60. The molecule has 0 fully saturated rings. The molecule has 0 radical (unpaired) electrons. The number of benzene rings is 2. The molecule has 0 aliphatic carbocycles. The largest absolute Gasteiger partial charge is 0.494 e. The Bertz CT molecular complexity index is 1210. The zero-order valence-corrected chi connectivity index (χ0v) is 18.1. The van der Waals surface area contributed by atoms with Gasteiger partial charge in [0.2, 0.25) is 5.91 Å². The molecule has 1 heterocycles. The Morgan fingerprint density at radius 2 is 1.82 bits per heavy atom. The molecule has 0 unspecified atom stereocenters. The average Bonchev–Trinajstić information content (AvgIpc) is 2.77. The van der Waals surface area contributed by atoms with Crippen molar-refractivity contribution < 1.29 is 27.5 Å². The molecule has 3 aromatic rings. The van der Waals surface area contributed by atoms with Crippen molar-refractivity contribution in [3.8, 4) is 11.4 Å². The molecule has 0 saturated heterocycles. The smallest absolute Gasteiger partial charge is 0.405 e. The molecule has 3 rings (SSSR count). The minimum Gasteiger partial charge on any atom is -0.494 e. The second-order valence-corrected chi connectivity index (χ2v) is 7.56. The molecule has 0 aliphatic rings. The first-order valence-corrected chi connectivity index (χ1v) is 10.7. The van der Waals surface area contributed by atoms with Gasteiger partial charge in [-0.05, 0) is 43.3 Å². The molecule has 2 aromatic carbocycles. The van der Waals surface area contributed by atoms with Crippen molar-refractivity contribution in [2.24, 2.45) is 0 Å². The van der Waals surface area contributed by atoms with Crippen molar-refractivity contribution in [1.82, 2.24) is 20.2 Å². The van der Waals surface area contributed by atoms with E-state index in [9.17, 15) is 27.6 Å². The second-order valence-electron chi connectivity index (χ2n) is 6.61. The number of hydrogen-bond acceptors (Lipinski definition) is 6. The zero-order chi connectivity index (χ0) is 24.0. The summed E-state index contributed by atoms with van der Waals surface area (Å²) in [4.78, 5) is 41.2. The lowest BCUT2D eigenvalue weighted by Gasteiger charge is -2.14. The molecule has 1 aromatic heterocycles. The van der Waals surface area contributed by atoms with Gasteiger partial charge in [0.05, 0.1) is 29.0 Å². The van der Waals surface area contributed by atoms with Crippen molar-refractivity contribution >= 4 is 34.6 Å². The fourth-order valence-corrected chi connectivity index (χ4v) is 3.63. The summed E-state index contributed by atoms with van der Waals surface area (Å²) < 4.78 is 43.3. The Hall–Kier alpha value is -3.54. The Balaban J connectivity index is 1.84. The maximum absolute atomic E-state index is 13.2. The van der Waals surface area contributed by atoms with Crippen LogP contribution in [0.2, 0.25) is 0 Å². The third kappa shape index (κ3) is 6.48. The van der Waals surface area contributed by atoms with Crippen molar-refractivity contribution in [2.45, 2.75) is 18.3 Å². The van der Waals surface area contributed by atoms with E-state index in [1.54, 1.807) is 53.8 Å². The van der Waals surface area contributed by atoms with Crippen molar-refractivity contribution in [1.29, 1.82) is 0 Å². The van der Waals surface area contributed by atoms with Gasteiger partial charge in [-0.1, -0.05) is 23.9 Å². The molecule has 33 heavy (non-hydrogen) atoms. The van der Waals surface area contributed by atoms with Crippen LogP contribution in [0.4, 0.5) is 18.0 Å². The first-order chi connectivity index (χ1) is 15.7. The Labute approximate surface area is 190 Å². The summed E-state index contributed by atoms with van der Waals surface area (Å²) in [7, 11) is 0. The van der Waals surface area contributed by atoms with Crippen LogP contribution >= 0.6 is 11.8 Å². The second kappa shape index (κ2) is 10.4. The third-order valence-corrected chi connectivity index (χ3v) is 5.12. The quantitative estimate of drug-likeness (QED) is 0.398. The lowest BCUT2D eigenvalue weighted by Crippen LogP contribution is -2.44. The normalized spacial score (nSPS) is 11.3. The van der Waals surface area contributed by atoms with E-state index >= 15 is 0 Å². The van der Waals surface area contributed by atoms with E-state index in [1.807, 2.05) is 12.2 Å². The number of aromatic nitrogens is 2. The number of thioether (sulfide) groups is 1. The van der Waals surface area contributed by atoms with Gasteiger partial charge in [0.15, 0.2) is 5.16 Å². The van der Waals surface area contributed by atoms with Gasteiger partial charge in [-0.15, -0.1) is 0 Å². The van der Waals surface area contributed by atoms with E-state index < -0.39 is 24.7 Å². The van der Waals surface area contributed by atoms with E-state index in [4.69, 9.17) is 4.74 Å². The molecule has 0 aliphatic heterocycles. The number of rotatable bonds is 7. The minimum absolute atomic E-state index is 0.175. The number of carbonyl (C=O) groups excluding carboxylic acids is 2. The number of alkyl halides is 3. The molecular weight excluding hydrogens is 461 g/mol. The van der Waals surface area contributed by atoms with Crippen LogP contribution in [-0.2, 0) is 4.79 Å². The van der Waals surface area contributed by atoms with E-state index in [0.29, 0.717) is 28.9 Å². The van der Waals surface area contributed by atoms with Crippen LogP contribution < -0.4 is 20.9 Å². The molecule has 8 nitrogen and oxygen atoms in total. The SMILES string of the molecule is CCOc1ccc(-n2c(SCC(=O)NC(=O)NCC(F)(F)F)nc3ccccc3c2=O)cc1. The fourth-order valence-electron chi connectivity index (χ4n) is 2.81. The van der Waals surface area contributed by atoms with Gasteiger partial charge in [0, 0.05) is 0 Å². The molecule has 3 amide bonds. The number of halogens is 3. The average molecular weight is 480 g/mol. The Morgan fingerprint density at radius 3 is 2.48 bits per heavy atom. The maximum Gasteiger partial charge on any atom is 0.405 e. The predicted octanol–water partition coefficient (Wildman–Crippen LogP) is 3.26. The number of ether oxygens (including phenoxy) is 1. The summed E-state index contributed by atoms with van der Waals surface area (Å²) in [5, 5.41) is 3.91. The van der Waals surface area contributed by atoms with Gasteiger partial charge in [-0.25, -0.2) is 9.78 Å². The van der Waals surface area contributed by atoms with Gasteiger partial charge in [-0.3, -0.25) is 19.5 Å². The number of amides is 3. The van der Waals surface area contributed by atoms with Crippen molar-refractivity contribution in [3.05, 3.63) is 58.9 Å². The Morgan fingerprint density at radius 1 is 1.12 bits per heavy atom. The lowest BCUT2D eigenvalue weighted by molar-refractivity contribution is -0.124. The number of urea groups is 1. The highest BCUT2D eigenvalue weighted by atomic mass is 32.2. The number of hydrogen-bond donors (Lipinski definition) is 2. The van der Waals surface area contributed by atoms with Crippen LogP contribution in [0, 0.1) is 0 Å². The topological polar surface area (TPSA) is 102 Å². The monoisotopic (exact) mass is 480 g/mol. The summed E-state index contributed by atoms with van der Waals surface area (Å²) in [5.41, 5.74) is 0.527. The van der Waals surface area contributed by atoms with Crippen LogP contribution in [0.5, 0.6) is 5.75 Å². The van der Waals surface area contributed by atoms with E-state index in [2.05, 4.69) is 4.98 Å². The van der Waals surface area contributed by atoms with E-state index in [0.717, 1.165) is 11.8 Å². The number of imide groups is 1. The third-order valence-electron chi connectivity index (χ3n) is 4.19. The van der Waals surface area contributed by atoms with Gasteiger partial charge in [0.25, 0.3) is 5.56 Å². The zero-order valence-electron chi connectivity index (χ0n) is 17.3. The predicted molar refractivity (Wildman–Crippen MR) is 117 cm³/mol. The summed E-state index contributed by atoms with van der Waals surface area (Å²) >= 11 is 0.865. The van der Waals surface area contributed by atoms with Crippen LogP contribution in [0.25, 0.3) is 16.6 Å². The van der Waals surface area contributed by atoms with Crippen LogP contribution in [0.1, 0.15) is 6.92 Å². The van der Waals surface area contributed by atoms with E-state index in [-0.39, 0.29) is 16.5 Å². The van der Waals surface area contributed by atoms with Crippen LogP contribution in [0.3, 0.4) is 0 Å². The highest BCUT2D eigenvalue weighted by molar-refractivity contribution is 7.99. The van der Waals surface area contributed by atoms with Gasteiger partial charge >= 0.3 is 12.2 Å². The molecule has 0 bridgehead atoms. The number of carbonyl (C=O) groups is 2. The first-order valence-electron chi connectivity index (χ1n) is 9.70. The summed E-state index contributed by atoms with van der Waals surface area (Å²) in [6.45, 7) is 0.751. The molecule has 0 spiro atoms. The molecule has 174 valence electrons. The van der Waals surface area contributed by atoms with Crippen LogP contribution in [-0.4, -0.2) is 46.6 Å². The number of nitrogens with one attached hydrogen (secondary N) is 2. The number of fused-ring (bicyclic) bond motifs is 1. The first kappa shape index (κ1) is 24.1. The molecule has 0 saturated carbocycles. The molecule has 0 atom stereocenters. The number of para-hydroxylation sites is 1. The maximum atomic E-state index is 13.2. The van der Waals surface area contributed by atoms with Crippen LogP contribution in [0.15, 0.2) is 58.5 Å². The summed E-state index contributed by atoms with van der Waals surface area (Å²) in [6.07, 6.45) is -4.60. The Kier molecular flexibility index (Phi) is 7.59.